The third-order valence-electron chi connectivity index (χ3n) is 3.98. The third-order valence-corrected chi connectivity index (χ3v) is 4.87. The van der Waals surface area contributed by atoms with Crippen molar-refractivity contribution in [3.05, 3.63) is 64.9 Å². The van der Waals surface area contributed by atoms with Crippen molar-refractivity contribution in [3.8, 4) is 33.7 Å². The number of aromatic amines is 1. The molecule has 10 heteroatoms. The molecule has 0 aliphatic heterocycles. The van der Waals surface area contributed by atoms with Gasteiger partial charge in [0.05, 0.1) is 16.7 Å². The van der Waals surface area contributed by atoms with Crippen LogP contribution in [-0.2, 0) is 12.8 Å². The summed E-state index contributed by atoms with van der Waals surface area (Å²) < 4.78 is 51.0. The van der Waals surface area contributed by atoms with Crippen LogP contribution >= 0.6 is 11.3 Å². The van der Waals surface area contributed by atoms with Crippen LogP contribution in [0.25, 0.3) is 21.9 Å². The normalized spacial score (nSPS) is 11.4. The van der Waals surface area contributed by atoms with Crippen molar-refractivity contribution >= 4 is 11.3 Å². The van der Waals surface area contributed by atoms with Gasteiger partial charge in [-0.2, -0.15) is 28.7 Å². The first kappa shape index (κ1) is 18.8. The molecule has 3 heterocycles. The summed E-state index contributed by atoms with van der Waals surface area (Å²) in [7, 11) is 0. The first-order valence-electron chi connectivity index (χ1n) is 8.21. The number of aromatic nitrogens is 3. The number of hydrogen-bond acceptors (Lipinski definition) is 6. The molecule has 0 fully saturated rings. The highest BCUT2D eigenvalue weighted by atomic mass is 32.1. The van der Waals surface area contributed by atoms with Crippen LogP contribution < -0.4 is 4.74 Å². The summed E-state index contributed by atoms with van der Waals surface area (Å²) in [4.78, 5) is 0.938. The fourth-order valence-corrected chi connectivity index (χ4v) is 3.34. The highest BCUT2D eigenvalue weighted by molar-refractivity contribution is 7.13. The maximum Gasteiger partial charge on any atom is 0.416 e. The Labute approximate surface area is 166 Å². The number of ether oxygens (including phenoxy) is 1. The quantitative estimate of drug-likeness (QED) is 0.479. The molecule has 0 amide bonds. The minimum absolute atomic E-state index is 0.0133. The van der Waals surface area contributed by atoms with Crippen molar-refractivity contribution in [3.63, 3.8) is 0 Å². The van der Waals surface area contributed by atoms with Crippen LogP contribution in [0.15, 0.2) is 52.5 Å². The number of furan rings is 1. The van der Waals surface area contributed by atoms with Gasteiger partial charge in [-0.1, -0.05) is 6.07 Å². The maximum absolute atomic E-state index is 13.3. The van der Waals surface area contributed by atoms with Gasteiger partial charge in [0, 0.05) is 11.1 Å². The molecule has 0 saturated heterocycles. The average molecular weight is 416 g/mol. The predicted octanol–water partition coefficient (Wildman–Crippen LogP) is 5.26. The Balaban J connectivity index is 1.61. The Bertz CT molecular complexity index is 1170. The molecule has 0 spiro atoms. The molecule has 4 aromatic rings. The molecular weight excluding hydrogens is 405 g/mol. The van der Waals surface area contributed by atoms with E-state index in [0.29, 0.717) is 11.3 Å². The molecule has 0 atom stereocenters. The van der Waals surface area contributed by atoms with E-state index in [0.717, 1.165) is 17.0 Å². The van der Waals surface area contributed by atoms with Crippen molar-refractivity contribution in [2.24, 2.45) is 0 Å². The van der Waals surface area contributed by atoms with E-state index in [1.807, 2.05) is 17.5 Å². The van der Waals surface area contributed by atoms with Crippen molar-refractivity contribution < 1.29 is 22.3 Å². The Morgan fingerprint density at radius 3 is 2.79 bits per heavy atom. The van der Waals surface area contributed by atoms with E-state index in [1.54, 1.807) is 12.1 Å². The molecule has 0 unspecified atom stereocenters. The Morgan fingerprint density at radius 1 is 1.21 bits per heavy atom. The number of thiophene rings is 1. The van der Waals surface area contributed by atoms with E-state index in [4.69, 9.17) is 14.4 Å². The number of alkyl halides is 3. The number of nitrogens with one attached hydrogen (secondary N) is 1. The zero-order valence-electron chi connectivity index (χ0n) is 14.5. The summed E-state index contributed by atoms with van der Waals surface area (Å²) in [5.41, 5.74) is -0.251. The second-order valence-corrected chi connectivity index (χ2v) is 6.91. The van der Waals surface area contributed by atoms with Crippen LogP contribution in [0.1, 0.15) is 16.8 Å². The van der Waals surface area contributed by atoms with Crippen molar-refractivity contribution in [1.29, 1.82) is 5.26 Å². The molecule has 6 nitrogen and oxygen atoms in total. The zero-order valence-corrected chi connectivity index (χ0v) is 15.3. The van der Waals surface area contributed by atoms with Crippen molar-refractivity contribution in [2.45, 2.75) is 12.8 Å². The molecule has 0 aliphatic carbocycles. The van der Waals surface area contributed by atoms with Gasteiger partial charge in [0.2, 0.25) is 0 Å². The lowest BCUT2D eigenvalue weighted by Gasteiger charge is -2.12. The van der Waals surface area contributed by atoms with Gasteiger partial charge in [-0.15, -0.1) is 16.4 Å². The number of halogens is 3. The van der Waals surface area contributed by atoms with Crippen LogP contribution in [0.2, 0.25) is 0 Å². The number of hydrogen-bond donors (Lipinski definition) is 1. The van der Waals surface area contributed by atoms with Gasteiger partial charge >= 0.3 is 6.18 Å². The Kier molecular flexibility index (Phi) is 4.82. The SMILES string of the molecule is N#Cc1n[nH]nc1-c1cc(OCc2coc(-c3cccs3)c2)cc(C(F)(F)F)c1. The molecule has 1 aromatic carbocycles. The van der Waals surface area contributed by atoms with E-state index in [2.05, 4.69) is 15.4 Å². The Hall–Kier alpha value is -3.58. The summed E-state index contributed by atoms with van der Waals surface area (Å²) in [6, 6.07) is 10.5. The highest BCUT2D eigenvalue weighted by Crippen LogP contribution is 2.36. The van der Waals surface area contributed by atoms with E-state index >= 15 is 0 Å². The topological polar surface area (TPSA) is 87.7 Å². The van der Waals surface area contributed by atoms with Crippen molar-refractivity contribution in [2.75, 3.05) is 0 Å². The third kappa shape index (κ3) is 4.00. The van der Waals surface area contributed by atoms with Crippen LogP contribution in [0.5, 0.6) is 5.75 Å². The van der Waals surface area contributed by atoms with E-state index < -0.39 is 11.7 Å². The predicted molar refractivity (Wildman–Crippen MR) is 97.9 cm³/mol. The standard InChI is InChI=1S/C19H11F3N4O2S/c20-19(21,22)13-5-12(18-15(8-23)24-26-25-18)6-14(7-13)27-9-11-4-16(28-10-11)17-2-1-3-29-17/h1-7,10H,9H2,(H,24,25,26). The van der Waals surface area contributed by atoms with E-state index in [9.17, 15) is 13.2 Å². The van der Waals surface area contributed by atoms with Gasteiger partial charge in [-0.3, -0.25) is 0 Å². The molecule has 0 radical (unpaired) electrons. The summed E-state index contributed by atoms with van der Waals surface area (Å²) in [5, 5.41) is 20.6. The Morgan fingerprint density at radius 2 is 2.07 bits per heavy atom. The molecule has 146 valence electrons. The molecule has 29 heavy (non-hydrogen) atoms. The monoisotopic (exact) mass is 416 g/mol. The van der Waals surface area contributed by atoms with Crippen LogP contribution in [0.4, 0.5) is 13.2 Å². The molecule has 0 bridgehead atoms. The number of benzene rings is 1. The molecule has 3 aromatic heterocycles. The molecule has 4 rings (SSSR count). The van der Waals surface area contributed by atoms with Gasteiger partial charge < -0.3 is 9.15 Å². The fourth-order valence-electron chi connectivity index (χ4n) is 2.66. The van der Waals surface area contributed by atoms with Gasteiger partial charge in [0.25, 0.3) is 0 Å². The zero-order chi connectivity index (χ0) is 20.4. The second-order valence-electron chi connectivity index (χ2n) is 5.96. The molecule has 0 aliphatic rings. The number of rotatable bonds is 5. The first-order valence-corrected chi connectivity index (χ1v) is 9.09. The van der Waals surface area contributed by atoms with E-state index in [1.165, 1.54) is 23.7 Å². The van der Waals surface area contributed by atoms with Gasteiger partial charge in [-0.25, -0.2) is 0 Å². The van der Waals surface area contributed by atoms with Crippen LogP contribution in [-0.4, -0.2) is 15.4 Å². The molecule has 0 saturated carbocycles. The fraction of sp³-hybridized carbons (Fsp3) is 0.105. The summed E-state index contributed by atoms with van der Waals surface area (Å²) in [6.07, 6.45) is -3.10. The van der Waals surface area contributed by atoms with Gasteiger partial charge in [0.1, 0.15) is 29.9 Å². The van der Waals surface area contributed by atoms with Crippen LogP contribution in [0, 0.1) is 11.3 Å². The van der Waals surface area contributed by atoms with Gasteiger partial charge in [-0.05, 0) is 35.7 Å². The summed E-state index contributed by atoms with van der Waals surface area (Å²) in [5.74, 6) is 0.644. The average Bonchev–Trinajstić information content (AvgIpc) is 3.46. The largest absolute Gasteiger partial charge is 0.489 e. The summed E-state index contributed by atoms with van der Waals surface area (Å²) >= 11 is 1.51. The highest BCUT2D eigenvalue weighted by Gasteiger charge is 2.32. The van der Waals surface area contributed by atoms with E-state index in [-0.39, 0.29) is 29.3 Å². The first-order chi connectivity index (χ1) is 13.9. The minimum atomic E-state index is -4.59. The second kappa shape index (κ2) is 7.44. The van der Waals surface area contributed by atoms with Crippen molar-refractivity contribution in [1.82, 2.24) is 15.4 Å². The molecule has 1 N–H and O–H groups in total. The number of H-pyrrole nitrogens is 1. The maximum atomic E-state index is 13.3. The molecular formula is C19H11F3N4O2S. The summed E-state index contributed by atoms with van der Waals surface area (Å²) in [6.45, 7) is 0.0134. The lowest BCUT2D eigenvalue weighted by Crippen LogP contribution is -2.06. The number of nitriles is 1. The lowest BCUT2D eigenvalue weighted by atomic mass is 10.1. The minimum Gasteiger partial charge on any atom is -0.489 e. The van der Waals surface area contributed by atoms with Gasteiger partial charge in [0.15, 0.2) is 5.69 Å². The van der Waals surface area contributed by atoms with Crippen LogP contribution in [0.3, 0.4) is 0 Å². The number of nitrogens with zero attached hydrogens (tertiary/aromatic N) is 3. The smallest absolute Gasteiger partial charge is 0.416 e. The lowest BCUT2D eigenvalue weighted by molar-refractivity contribution is -0.137.